The Balaban J connectivity index is 2.77. The van der Waals surface area contributed by atoms with Crippen molar-refractivity contribution in [1.29, 1.82) is 0 Å². The molecule has 0 spiro atoms. The lowest BCUT2D eigenvalue weighted by molar-refractivity contribution is 0.249. The summed E-state index contributed by atoms with van der Waals surface area (Å²) in [6.07, 6.45) is 2.39. The number of ether oxygens (including phenoxy) is 2. The van der Waals surface area contributed by atoms with Crippen LogP contribution in [0.5, 0.6) is 11.5 Å². The average Bonchev–Trinajstić information content (AvgIpc) is 2.36. The van der Waals surface area contributed by atoms with Crippen LogP contribution < -0.4 is 20.6 Å². The van der Waals surface area contributed by atoms with Gasteiger partial charge in [-0.3, -0.25) is 0 Å². The minimum Gasteiger partial charge on any atom is -0.493 e. The molecule has 0 atom stereocenters. The van der Waals surface area contributed by atoms with E-state index in [-0.39, 0.29) is 0 Å². The van der Waals surface area contributed by atoms with Gasteiger partial charge in [-0.2, -0.15) is 5.10 Å². The zero-order valence-corrected chi connectivity index (χ0v) is 10.5. The number of hydrazone groups is 1. The topological polar surface area (TPSA) is 85.9 Å². The third-order valence-electron chi connectivity index (χ3n) is 2.04. The average molecular weight is 251 g/mol. The Kier molecular flexibility index (Phi) is 5.50. The van der Waals surface area contributed by atoms with Crippen molar-refractivity contribution >= 4 is 12.2 Å². The second-order valence-electron chi connectivity index (χ2n) is 3.49. The van der Waals surface area contributed by atoms with Gasteiger partial charge in [-0.25, -0.2) is 10.2 Å². The Morgan fingerprint density at radius 1 is 1.50 bits per heavy atom. The number of carbonyl (C=O) groups is 1. The van der Waals surface area contributed by atoms with Gasteiger partial charge in [0.05, 0.1) is 19.9 Å². The van der Waals surface area contributed by atoms with Gasteiger partial charge in [0.25, 0.3) is 0 Å². The number of nitrogens with zero attached hydrogens (tertiary/aromatic N) is 1. The first-order chi connectivity index (χ1) is 8.67. The summed E-state index contributed by atoms with van der Waals surface area (Å²) < 4.78 is 10.7. The SMILES string of the molecule is CCCOc1ccc(/C=N/NC(N)=O)cc1OC. The van der Waals surface area contributed by atoms with E-state index in [0.29, 0.717) is 18.1 Å². The first-order valence-corrected chi connectivity index (χ1v) is 5.56. The molecule has 18 heavy (non-hydrogen) atoms. The number of methoxy groups -OCH3 is 1. The predicted octanol–water partition coefficient (Wildman–Crippen LogP) is 1.49. The van der Waals surface area contributed by atoms with E-state index in [0.717, 1.165) is 12.0 Å². The molecule has 3 N–H and O–H groups in total. The summed E-state index contributed by atoms with van der Waals surface area (Å²) in [7, 11) is 1.57. The van der Waals surface area contributed by atoms with Gasteiger partial charge in [-0.05, 0) is 30.2 Å². The molecular weight excluding hydrogens is 234 g/mol. The molecule has 6 nitrogen and oxygen atoms in total. The molecule has 0 aliphatic rings. The minimum absolute atomic E-state index is 0.617. The first kappa shape index (κ1) is 13.8. The van der Waals surface area contributed by atoms with Crippen molar-refractivity contribution in [1.82, 2.24) is 5.43 Å². The van der Waals surface area contributed by atoms with Crippen LogP contribution in [0.2, 0.25) is 0 Å². The standard InChI is InChI=1S/C12H17N3O3/c1-3-6-18-10-5-4-9(7-11(10)17-2)8-14-15-12(13)16/h4-5,7-8H,3,6H2,1-2H3,(H3,13,15,16)/b14-8+. The Morgan fingerprint density at radius 2 is 2.28 bits per heavy atom. The van der Waals surface area contributed by atoms with Gasteiger partial charge in [0, 0.05) is 0 Å². The second kappa shape index (κ2) is 7.16. The van der Waals surface area contributed by atoms with Crippen LogP contribution in [-0.2, 0) is 0 Å². The first-order valence-electron chi connectivity index (χ1n) is 5.56. The summed E-state index contributed by atoms with van der Waals surface area (Å²) in [5.41, 5.74) is 7.77. The number of hydrogen-bond acceptors (Lipinski definition) is 4. The third-order valence-corrected chi connectivity index (χ3v) is 2.04. The molecule has 0 aliphatic heterocycles. The normalized spacial score (nSPS) is 10.3. The lowest BCUT2D eigenvalue weighted by atomic mass is 10.2. The number of rotatable bonds is 6. The monoisotopic (exact) mass is 251 g/mol. The van der Waals surface area contributed by atoms with Crippen molar-refractivity contribution in [2.75, 3.05) is 13.7 Å². The van der Waals surface area contributed by atoms with Crippen molar-refractivity contribution < 1.29 is 14.3 Å². The molecule has 0 saturated carbocycles. The highest BCUT2D eigenvalue weighted by atomic mass is 16.5. The molecule has 0 radical (unpaired) electrons. The van der Waals surface area contributed by atoms with E-state index in [1.165, 1.54) is 6.21 Å². The second-order valence-corrected chi connectivity index (χ2v) is 3.49. The van der Waals surface area contributed by atoms with Gasteiger partial charge in [0.15, 0.2) is 11.5 Å². The fourth-order valence-electron chi connectivity index (χ4n) is 1.27. The van der Waals surface area contributed by atoms with Crippen molar-refractivity contribution in [2.24, 2.45) is 10.8 Å². The van der Waals surface area contributed by atoms with Crippen LogP contribution in [-0.4, -0.2) is 26.0 Å². The molecule has 6 heteroatoms. The molecule has 0 saturated heterocycles. The Morgan fingerprint density at radius 3 is 2.89 bits per heavy atom. The van der Waals surface area contributed by atoms with Gasteiger partial charge in [-0.15, -0.1) is 0 Å². The van der Waals surface area contributed by atoms with E-state index in [1.54, 1.807) is 25.3 Å². The maximum absolute atomic E-state index is 10.4. The molecule has 1 rings (SSSR count). The van der Waals surface area contributed by atoms with Crippen LogP contribution in [0, 0.1) is 0 Å². The summed E-state index contributed by atoms with van der Waals surface area (Å²) in [6, 6.07) is 4.65. The predicted molar refractivity (Wildman–Crippen MR) is 69.1 cm³/mol. The fourth-order valence-corrected chi connectivity index (χ4v) is 1.27. The van der Waals surface area contributed by atoms with E-state index < -0.39 is 6.03 Å². The number of hydrogen-bond donors (Lipinski definition) is 2. The number of nitrogens with one attached hydrogen (secondary N) is 1. The third kappa shape index (κ3) is 4.32. The van der Waals surface area contributed by atoms with Crippen LogP contribution in [0.15, 0.2) is 23.3 Å². The maximum Gasteiger partial charge on any atom is 0.332 e. The molecular formula is C12H17N3O3. The van der Waals surface area contributed by atoms with E-state index in [2.05, 4.69) is 10.5 Å². The summed E-state index contributed by atoms with van der Waals surface area (Å²) in [6.45, 7) is 2.66. The highest BCUT2D eigenvalue weighted by Crippen LogP contribution is 2.27. The summed E-state index contributed by atoms with van der Waals surface area (Å²) in [4.78, 5) is 10.4. The Hall–Kier alpha value is -2.24. The lowest BCUT2D eigenvalue weighted by Gasteiger charge is -2.10. The quantitative estimate of drug-likeness (QED) is 0.593. The molecule has 0 heterocycles. The molecule has 0 aliphatic carbocycles. The van der Waals surface area contributed by atoms with E-state index in [4.69, 9.17) is 15.2 Å². The fraction of sp³-hybridized carbons (Fsp3) is 0.333. The van der Waals surface area contributed by atoms with Crippen LogP contribution >= 0.6 is 0 Å². The lowest BCUT2D eigenvalue weighted by Crippen LogP contribution is -2.24. The molecule has 1 aromatic rings. The highest BCUT2D eigenvalue weighted by Gasteiger charge is 2.04. The van der Waals surface area contributed by atoms with Crippen LogP contribution in [0.25, 0.3) is 0 Å². The largest absolute Gasteiger partial charge is 0.493 e. The molecule has 0 bridgehead atoms. The highest BCUT2D eigenvalue weighted by molar-refractivity contribution is 5.82. The molecule has 0 aromatic heterocycles. The Bertz CT molecular complexity index is 433. The van der Waals surface area contributed by atoms with Gasteiger partial charge in [-0.1, -0.05) is 6.92 Å². The number of primary amides is 1. The van der Waals surface area contributed by atoms with E-state index in [9.17, 15) is 4.79 Å². The van der Waals surface area contributed by atoms with Gasteiger partial charge < -0.3 is 15.2 Å². The van der Waals surface area contributed by atoms with Gasteiger partial charge in [0.1, 0.15) is 0 Å². The molecule has 2 amide bonds. The van der Waals surface area contributed by atoms with Gasteiger partial charge in [0.2, 0.25) is 0 Å². The summed E-state index contributed by atoms with van der Waals surface area (Å²) >= 11 is 0. The van der Waals surface area contributed by atoms with Crippen molar-refractivity contribution in [3.05, 3.63) is 23.8 Å². The Labute approximate surface area is 106 Å². The minimum atomic E-state index is -0.707. The van der Waals surface area contributed by atoms with Crippen molar-refractivity contribution in [2.45, 2.75) is 13.3 Å². The van der Waals surface area contributed by atoms with E-state index in [1.807, 2.05) is 6.92 Å². The number of urea groups is 1. The molecule has 0 unspecified atom stereocenters. The van der Waals surface area contributed by atoms with Crippen molar-refractivity contribution in [3.8, 4) is 11.5 Å². The van der Waals surface area contributed by atoms with Crippen LogP contribution in [0.1, 0.15) is 18.9 Å². The number of carbonyl (C=O) groups excluding carboxylic acids is 1. The van der Waals surface area contributed by atoms with Gasteiger partial charge >= 0.3 is 6.03 Å². The maximum atomic E-state index is 10.4. The van der Waals surface area contributed by atoms with Crippen molar-refractivity contribution in [3.63, 3.8) is 0 Å². The summed E-state index contributed by atoms with van der Waals surface area (Å²) in [5.74, 6) is 1.30. The number of nitrogens with two attached hydrogens (primary N) is 1. The zero-order chi connectivity index (χ0) is 13.4. The molecule has 1 aromatic carbocycles. The molecule has 98 valence electrons. The van der Waals surface area contributed by atoms with E-state index >= 15 is 0 Å². The molecule has 0 fully saturated rings. The number of benzene rings is 1. The smallest absolute Gasteiger partial charge is 0.332 e. The van der Waals surface area contributed by atoms with Crippen LogP contribution in [0.4, 0.5) is 4.79 Å². The summed E-state index contributed by atoms with van der Waals surface area (Å²) in [5, 5.41) is 3.66. The zero-order valence-electron chi connectivity index (χ0n) is 10.5. The number of amides is 2. The van der Waals surface area contributed by atoms with Crippen LogP contribution in [0.3, 0.4) is 0 Å².